The highest BCUT2D eigenvalue weighted by atomic mass is 16.4. The average Bonchev–Trinajstić information content (AvgIpc) is 2.25. The first kappa shape index (κ1) is 13.5. The van der Waals surface area contributed by atoms with Gasteiger partial charge in [-0.15, -0.1) is 0 Å². The molecule has 17 heavy (non-hydrogen) atoms. The molecule has 96 valence electrons. The molecule has 0 spiro atoms. The van der Waals surface area contributed by atoms with Crippen molar-refractivity contribution in [1.29, 1.82) is 0 Å². The Morgan fingerprint density at radius 1 is 1.47 bits per heavy atom. The molecule has 2 N–H and O–H groups in total. The van der Waals surface area contributed by atoms with Crippen LogP contribution in [-0.2, 0) is 4.79 Å². The molecular formula is C12H20N2O3. The minimum atomic E-state index is -1.03. The molecule has 1 aliphatic rings. The van der Waals surface area contributed by atoms with Gasteiger partial charge in [-0.05, 0) is 11.8 Å². The van der Waals surface area contributed by atoms with Gasteiger partial charge in [-0.1, -0.05) is 32.4 Å². The van der Waals surface area contributed by atoms with Crippen LogP contribution in [0.1, 0.15) is 27.2 Å². The van der Waals surface area contributed by atoms with Crippen molar-refractivity contribution in [3.8, 4) is 0 Å². The quantitative estimate of drug-likeness (QED) is 0.718. The number of aliphatic carboxylic acids is 1. The first-order chi connectivity index (χ1) is 7.80. The molecule has 5 heteroatoms. The molecule has 0 bridgehead atoms. The Balaban J connectivity index is 2.49. The van der Waals surface area contributed by atoms with E-state index in [1.54, 1.807) is 4.90 Å². The molecule has 0 aromatic carbocycles. The van der Waals surface area contributed by atoms with Crippen molar-refractivity contribution in [1.82, 2.24) is 10.2 Å². The molecule has 0 aliphatic carbocycles. The molecule has 1 aliphatic heterocycles. The summed E-state index contributed by atoms with van der Waals surface area (Å²) in [5.41, 5.74) is 1.49. The molecule has 0 fully saturated rings. The van der Waals surface area contributed by atoms with Gasteiger partial charge in [-0.3, -0.25) is 4.79 Å². The zero-order valence-corrected chi connectivity index (χ0v) is 10.6. The molecule has 0 saturated carbocycles. The zero-order valence-electron chi connectivity index (χ0n) is 10.6. The fourth-order valence-corrected chi connectivity index (χ4v) is 1.80. The second kappa shape index (κ2) is 5.21. The highest BCUT2D eigenvalue weighted by molar-refractivity contribution is 5.80. The lowest BCUT2D eigenvalue weighted by Crippen LogP contribution is -2.44. The Morgan fingerprint density at radius 3 is 2.53 bits per heavy atom. The molecule has 0 aromatic heterocycles. The van der Waals surface area contributed by atoms with Crippen LogP contribution in [0.15, 0.2) is 11.6 Å². The van der Waals surface area contributed by atoms with Crippen molar-refractivity contribution in [2.45, 2.75) is 27.2 Å². The topological polar surface area (TPSA) is 69.6 Å². The lowest BCUT2D eigenvalue weighted by molar-refractivity contribution is -0.135. The van der Waals surface area contributed by atoms with Crippen molar-refractivity contribution in [3.63, 3.8) is 0 Å². The number of amides is 2. The largest absolute Gasteiger partial charge is 0.480 e. The van der Waals surface area contributed by atoms with E-state index in [-0.39, 0.29) is 18.0 Å². The number of nitrogens with zero attached hydrogens (tertiary/aromatic N) is 1. The standard InChI is InChI=1S/C12H20N2O3/c1-12(2,3)9-4-6-14(7-5-9)11(17)13-8-10(15)16/h4H,5-8H2,1-3H3,(H,13,17)(H,15,16). The van der Waals surface area contributed by atoms with Crippen molar-refractivity contribution in [2.24, 2.45) is 5.41 Å². The lowest BCUT2D eigenvalue weighted by Gasteiger charge is -2.32. The van der Waals surface area contributed by atoms with Gasteiger partial charge < -0.3 is 15.3 Å². The predicted molar refractivity (Wildman–Crippen MR) is 64.8 cm³/mol. The molecule has 0 aromatic rings. The molecule has 0 radical (unpaired) electrons. The van der Waals surface area contributed by atoms with E-state index in [1.165, 1.54) is 5.57 Å². The van der Waals surface area contributed by atoms with E-state index in [0.717, 1.165) is 6.42 Å². The van der Waals surface area contributed by atoms with E-state index in [2.05, 4.69) is 32.2 Å². The van der Waals surface area contributed by atoms with Gasteiger partial charge in [-0.2, -0.15) is 0 Å². The maximum Gasteiger partial charge on any atom is 0.323 e. The van der Waals surface area contributed by atoms with Crippen LogP contribution < -0.4 is 5.32 Å². The number of carboxylic acids is 1. The Morgan fingerprint density at radius 2 is 2.12 bits per heavy atom. The predicted octanol–water partition coefficient (Wildman–Crippen LogP) is 1.46. The van der Waals surface area contributed by atoms with Crippen molar-refractivity contribution in [2.75, 3.05) is 19.6 Å². The van der Waals surface area contributed by atoms with E-state index in [1.807, 2.05) is 0 Å². The minimum Gasteiger partial charge on any atom is -0.480 e. The Labute approximate surface area is 101 Å². The number of hydrogen-bond acceptors (Lipinski definition) is 2. The molecule has 0 saturated heterocycles. The molecule has 2 amide bonds. The van der Waals surface area contributed by atoms with Crippen LogP contribution in [0, 0.1) is 5.41 Å². The summed E-state index contributed by atoms with van der Waals surface area (Å²) < 4.78 is 0. The van der Waals surface area contributed by atoms with E-state index >= 15 is 0 Å². The third-order valence-corrected chi connectivity index (χ3v) is 2.85. The third-order valence-electron chi connectivity index (χ3n) is 2.85. The molecule has 0 atom stereocenters. The van der Waals surface area contributed by atoms with Gasteiger partial charge in [-0.25, -0.2) is 4.79 Å². The lowest BCUT2D eigenvalue weighted by atomic mass is 9.83. The van der Waals surface area contributed by atoms with Crippen LogP contribution in [0.4, 0.5) is 4.79 Å². The van der Waals surface area contributed by atoms with E-state index in [9.17, 15) is 9.59 Å². The average molecular weight is 240 g/mol. The van der Waals surface area contributed by atoms with E-state index in [4.69, 9.17) is 5.11 Å². The van der Waals surface area contributed by atoms with Gasteiger partial charge in [0.1, 0.15) is 6.54 Å². The third kappa shape index (κ3) is 4.09. The molecule has 1 heterocycles. The summed E-state index contributed by atoms with van der Waals surface area (Å²) in [7, 11) is 0. The van der Waals surface area contributed by atoms with Crippen LogP contribution >= 0.6 is 0 Å². The maximum absolute atomic E-state index is 11.6. The normalized spacial score (nSPS) is 16.4. The number of carboxylic acid groups (broad SMARTS) is 1. The molecule has 5 nitrogen and oxygen atoms in total. The number of urea groups is 1. The van der Waals surface area contributed by atoms with Crippen LogP contribution in [0.5, 0.6) is 0 Å². The van der Waals surface area contributed by atoms with Crippen LogP contribution in [0.25, 0.3) is 0 Å². The summed E-state index contributed by atoms with van der Waals surface area (Å²) in [6, 6.07) is -0.309. The Bertz CT molecular complexity index is 342. The first-order valence-corrected chi connectivity index (χ1v) is 5.75. The summed E-state index contributed by atoms with van der Waals surface area (Å²) >= 11 is 0. The SMILES string of the molecule is CC(C)(C)C1=CCN(C(=O)NCC(=O)O)CC1. The monoisotopic (exact) mass is 240 g/mol. The summed E-state index contributed by atoms with van der Waals surface area (Å²) in [4.78, 5) is 23.5. The van der Waals surface area contributed by atoms with Gasteiger partial charge in [0.25, 0.3) is 0 Å². The minimum absolute atomic E-state index is 0.142. The fourth-order valence-electron chi connectivity index (χ4n) is 1.80. The van der Waals surface area contributed by atoms with Gasteiger partial charge in [0.2, 0.25) is 0 Å². The maximum atomic E-state index is 11.6. The van der Waals surface area contributed by atoms with Crippen molar-refractivity contribution < 1.29 is 14.7 Å². The number of carbonyl (C=O) groups excluding carboxylic acids is 1. The second-order valence-electron chi connectivity index (χ2n) is 5.23. The van der Waals surface area contributed by atoms with Gasteiger partial charge in [0.05, 0.1) is 0 Å². The van der Waals surface area contributed by atoms with E-state index in [0.29, 0.717) is 13.1 Å². The van der Waals surface area contributed by atoms with Crippen LogP contribution in [-0.4, -0.2) is 41.6 Å². The first-order valence-electron chi connectivity index (χ1n) is 5.75. The van der Waals surface area contributed by atoms with Gasteiger partial charge in [0, 0.05) is 13.1 Å². The summed E-state index contributed by atoms with van der Waals surface area (Å²) in [6.07, 6.45) is 2.91. The number of rotatable bonds is 2. The summed E-state index contributed by atoms with van der Waals surface area (Å²) in [5, 5.41) is 10.8. The smallest absolute Gasteiger partial charge is 0.323 e. The molecule has 1 rings (SSSR count). The van der Waals surface area contributed by atoms with Gasteiger partial charge >= 0.3 is 12.0 Å². The summed E-state index contributed by atoms with van der Waals surface area (Å²) in [6.45, 7) is 7.33. The number of carbonyl (C=O) groups is 2. The second-order valence-corrected chi connectivity index (χ2v) is 5.23. The summed E-state index contributed by atoms with van der Waals surface area (Å²) in [5.74, 6) is -1.03. The highest BCUT2D eigenvalue weighted by Gasteiger charge is 2.23. The Hall–Kier alpha value is -1.52. The Kier molecular flexibility index (Phi) is 4.15. The van der Waals surface area contributed by atoms with Gasteiger partial charge in [0.15, 0.2) is 0 Å². The van der Waals surface area contributed by atoms with Crippen molar-refractivity contribution in [3.05, 3.63) is 11.6 Å². The fraction of sp³-hybridized carbons (Fsp3) is 0.667. The highest BCUT2D eigenvalue weighted by Crippen LogP contribution is 2.29. The number of nitrogens with one attached hydrogen (secondary N) is 1. The van der Waals surface area contributed by atoms with Crippen LogP contribution in [0.2, 0.25) is 0 Å². The number of hydrogen-bond donors (Lipinski definition) is 2. The van der Waals surface area contributed by atoms with Crippen LogP contribution in [0.3, 0.4) is 0 Å². The zero-order chi connectivity index (χ0) is 13.1. The molecular weight excluding hydrogens is 220 g/mol. The van der Waals surface area contributed by atoms with E-state index < -0.39 is 5.97 Å². The van der Waals surface area contributed by atoms with Crippen molar-refractivity contribution >= 4 is 12.0 Å². The molecule has 0 unspecified atom stereocenters.